The molecule has 7 nitrogen and oxygen atoms in total. The van der Waals surface area contributed by atoms with Crippen molar-refractivity contribution in [1.29, 1.82) is 0 Å². The van der Waals surface area contributed by atoms with Gasteiger partial charge >= 0.3 is 0 Å². The van der Waals surface area contributed by atoms with E-state index in [1.807, 2.05) is 17.8 Å². The normalized spacial score (nSPS) is 11.6. The Bertz CT molecular complexity index is 729. The topological polar surface area (TPSA) is 88.9 Å². The van der Waals surface area contributed by atoms with Gasteiger partial charge in [-0.1, -0.05) is 0 Å². The van der Waals surface area contributed by atoms with Crippen LogP contribution in [0.2, 0.25) is 0 Å². The molecule has 0 aliphatic rings. The standard InChI is InChI=1S/C12H16BrN5O2S/c1-14-12-10(7-9(13)8-16-12)21(19,20)17-4-3-11-15-5-6-18(11)2/h5-8,17H,3-4H2,1-2H3,(H,14,16). The molecule has 0 unspecified atom stereocenters. The first-order chi connectivity index (χ1) is 9.94. The fourth-order valence-electron chi connectivity index (χ4n) is 1.83. The lowest BCUT2D eigenvalue weighted by Crippen LogP contribution is -2.27. The maximum Gasteiger partial charge on any atom is 0.244 e. The number of nitrogens with zero attached hydrogens (tertiary/aromatic N) is 3. The van der Waals surface area contributed by atoms with Crippen LogP contribution in [0.3, 0.4) is 0 Å². The van der Waals surface area contributed by atoms with Gasteiger partial charge in [-0.05, 0) is 22.0 Å². The van der Waals surface area contributed by atoms with Crippen LogP contribution in [-0.4, -0.2) is 36.5 Å². The number of nitrogens with one attached hydrogen (secondary N) is 2. The summed E-state index contributed by atoms with van der Waals surface area (Å²) < 4.78 is 29.7. The monoisotopic (exact) mass is 373 g/mol. The minimum absolute atomic E-state index is 0.110. The zero-order valence-electron chi connectivity index (χ0n) is 11.7. The fraction of sp³-hybridized carbons (Fsp3) is 0.333. The summed E-state index contributed by atoms with van der Waals surface area (Å²) in [5.41, 5.74) is 0. The molecule has 0 aromatic carbocycles. The number of hydrogen-bond donors (Lipinski definition) is 2. The number of rotatable bonds is 6. The Morgan fingerprint density at radius 3 is 2.76 bits per heavy atom. The molecule has 9 heteroatoms. The minimum atomic E-state index is -3.63. The third kappa shape index (κ3) is 3.80. The second-order valence-electron chi connectivity index (χ2n) is 4.35. The first kappa shape index (κ1) is 15.9. The number of aryl methyl sites for hydroxylation is 1. The predicted octanol–water partition coefficient (Wildman–Crippen LogP) is 1.14. The Morgan fingerprint density at radius 2 is 2.14 bits per heavy atom. The smallest absolute Gasteiger partial charge is 0.244 e. The van der Waals surface area contributed by atoms with Crippen molar-refractivity contribution in [2.45, 2.75) is 11.3 Å². The molecule has 0 amide bonds. The molecule has 2 rings (SSSR count). The number of halogens is 1. The molecule has 114 valence electrons. The van der Waals surface area contributed by atoms with E-state index in [-0.39, 0.29) is 11.4 Å². The molecule has 2 aromatic heterocycles. The average Bonchev–Trinajstić information content (AvgIpc) is 2.84. The molecule has 0 spiro atoms. The van der Waals surface area contributed by atoms with Gasteiger partial charge in [-0.15, -0.1) is 0 Å². The Kier molecular flexibility index (Phi) is 4.96. The van der Waals surface area contributed by atoms with Crippen LogP contribution < -0.4 is 10.0 Å². The van der Waals surface area contributed by atoms with E-state index in [0.717, 1.165) is 5.82 Å². The highest BCUT2D eigenvalue weighted by atomic mass is 79.9. The number of pyridine rings is 1. The summed E-state index contributed by atoms with van der Waals surface area (Å²) in [5.74, 6) is 1.13. The Hall–Kier alpha value is -1.45. The summed E-state index contributed by atoms with van der Waals surface area (Å²) in [6.45, 7) is 0.267. The van der Waals surface area contributed by atoms with E-state index in [4.69, 9.17) is 0 Å². The SMILES string of the molecule is CNc1ncc(Br)cc1S(=O)(=O)NCCc1nccn1C. The van der Waals surface area contributed by atoms with E-state index in [2.05, 4.69) is 35.9 Å². The van der Waals surface area contributed by atoms with E-state index in [1.165, 1.54) is 6.07 Å². The molecule has 0 aliphatic heterocycles. The van der Waals surface area contributed by atoms with Crippen LogP contribution in [0.25, 0.3) is 0 Å². The summed E-state index contributed by atoms with van der Waals surface area (Å²) in [4.78, 5) is 8.30. The molecular formula is C12H16BrN5O2S. The lowest BCUT2D eigenvalue weighted by atomic mass is 10.4. The highest BCUT2D eigenvalue weighted by molar-refractivity contribution is 9.10. The maximum absolute atomic E-state index is 12.3. The quantitative estimate of drug-likeness (QED) is 0.792. The van der Waals surface area contributed by atoms with Gasteiger partial charge in [0.1, 0.15) is 16.5 Å². The summed E-state index contributed by atoms with van der Waals surface area (Å²) >= 11 is 3.23. The number of imidazole rings is 1. The van der Waals surface area contributed by atoms with Crippen molar-refractivity contribution in [3.8, 4) is 0 Å². The third-order valence-corrected chi connectivity index (χ3v) is 4.82. The molecular weight excluding hydrogens is 358 g/mol. The summed E-state index contributed by atoms with van der Waals surface area (Å²) in [5, 5.41) is 2.77. The molecule has 21 heavy (non-hydrogen) atoms. The predicted molar refractivity (Wildman–Crippen MR) is 83.6 cm³/mol. The van der Waals surface area contributed by atoms with E-state index in [9.17, 15) is 8.42 Å². The van der Waals surface area contributed by atoms with Gasteiger partial charge in [0.15, 0.2) is 0 Å². The molecule has 2 aromatic rings. The third-order valence-electron chi connectivity index (χ3n) is 2.91. The zero-order chi connectivity index (χ0) is 15.5. The van der Waals surface area contributed by atoms with Gasteiger partial charge in [-0.25, -0.2) is 23.1 Å². The van der Waals surface area contributed by atoms with Crippen molar-refractivity contribution in [2.24, 2.45) is 7.05 Å². The maximum atomic E-state index is 12.3. The molecule has 0 saturated heterocycles. The summed E-state index contributed by atoms with van der Waals surface area (Å²) in [7, 11) is -0.136. The zero-order valence-corrected chi connectivity index (χ0v) is 14.1. The fourth-order valence-corrected chi connectivity index (χ4v) is 3.53. The van der Waals surface area contributed by atoms with Gasteiger partial charge in [-0.2, -0.15) is 0 Å². The van der Waals surface area contributed by atoms with Crippen molar-refractivity contribution < 1.29 is 8.42 Å². The van der Waals surface area contributed by atoms with Crippen LogP contribution in [0, 0.1) is 0 Å². The molecule has 0 aliphatic carbocycles. The van der Waals surface area contributed by atoms with Gasteiger partial charge in [0.25, 0.3) is 0 Å². The van der Waals surface area contributed by atoms with Crippen molar-refractivity contribution in [3.05, 3.63) is 35.0 Å². The van der Waals surface area contributed by atoms with E-state index >= 15 is 0 Å². The van der Waals surface area contributed by atoms with Crippen molar-refractivity contribution in [1.82, 2.24) is 19.3 Å². The summed E-state index contributed by atoms with van der Waals surface area (Å²) in [6, 6.07) is 1.52. The van der Waals surface area contributed by atoms with Gasteiger partial charge in [0.05, 0.1) is 0 Å². The van der Waals surface area contributed by atoms with E-state index in [1.54, 1.807) is 19.4 Å². The van der Waals surface area contributed by atoms with E-state index in [0.29, 0.717) is 16.7 Å². The van der Waals surface area contributed by atoms with Crippen LogP contribution >= 0.6 is 15.9 Å². The minimum Gasteiger partial charge on any atom is -0.372 e. The molecule has 2 heterocycles. The van der Waals surface area contributed by atoms with E-state index < -0.39 is 10.0 Å². The number of hydrogen-bond acceptors (Lipinski definition) is 5. The number of sulfonamides is 1. The van der Waals surface area contributed by atoms with Gasteiger partial charge in [0, 0.05) is 50.1 Å². The van der Waals surface area contributed by atoms with Crippen molar-refractivity contribution in [3.63, 3.8) is 0 Å². The Morgan fingerprint density at radius 1 is 1.38 bits per heavy atom. The lowest BCUT2D eigenvalue weighted by Gasteiger charge is -2.10. The van der Waals surface area contributed by atoms with Gasteiger partial charge in [0.2, 0.25) is 10.0 Å². The highest BCUT2D eigenvalue weighted by Gasteiger charge is 2.19. The van der Waals surface area contributed by atoms with Crippen LogP contribution in [-0.2, 0) is 23.5 Å². The van der Waals surface area contributed by atoms with Crippen LogP contribution in [0.5, 0.6) is 0 Å². The number of anilines is 1. The highest BCUT2D eigenvalue weighted by Crippen LogP contribution is 2.22. The largest absolute Gasteiger partial charge is 0.372 e. The van der Waals surface area contributed by atoms with Crippen LogP contribution in [0.4, 0.5) is 5.82 Å². The lowest BCUT2D eigenvalue weighted by molar-refractivity contribution is 0.580. The number of aromatic nitrogens is 3. The second-order valence-corrected chi connectivity index (χ2v) is 7.00. The molecule has 0 atom stereocenters. The average molecular weight is 374 g/mol. The molecule has 0 radical (unpaired) electrons. The summed E-state index contributed by atoms with van der Waals surface area (Å²) in [6.07, 6.45) is 5.56. The van der Waals surface area contributed by atoms with Crippen molar-refractivity contribution in [2.75, 3.05) is 18.9 Å². The Labute approximate surface area is 132 Å². The Balaban J connectivity index is 2.12. The van der Waals surface area contributed by atoms with Gasteiger partial charge < -0.3 is 9.88 Å². The molecule has 0 bridgehead atoms. The van der Waals surface area contributed by atoms with Crippen LogP contribution in [0.1, 0.15) is 5.82 Å². The van der Waals surface area contributed by atoms with Gasteiger partial charge in [-0.3, -0.25) is 0 Å². The van der Waals surface area contributed by atoms with Crippen molar-refractivity contribution >= 4 is 31.8 Å². The first-order valence-electron chi connectivity index (χ1n) is 6.23. The first-order valence-corrected chi connectivity index (χ1v) is 8.51. The molecule has 2 N–H and O–H groups in total. The van der Waals surface area contributed by atoms with Crippen LogP contribution in [0.15, 0.2) is 34.0 Å². The second kappa shape index (κ2) is 6.54. The molecule has 0 fully saturated rings. The molecule has 0 saturated carbocycles.